The molecule has 144 valence electrons. The molecular formula is C18H36O4S2. The van der Waals surface area contributed by atoms with Crippen molar-refractivity contribution in [2.45, 2.75) is 78.1 Å². The molecule has 0 unspecified atom stereocenters. The third-order valence-electron chi connectivity index (χ3n) is 3.18. The Labute approximate surface area is 159 Å². The van der Waals surface area contributed by atoms with Gasteiger partial charge in [-0.15, -0.1) is 0 Å². The third kappa shape index (κ3) is 23.9. The van der Waals surface area contributed by atoms with Crippen LogP contribution in [0.4, 0.5) is 0 Å². The van der Waals surface area contributed by atoms with Crippen molar-refractivity contribution in [3.05, 3.63) is 0 Å². The van der Waals surface area contributed by atoms with Gasteiger partial charge in [0.05, 0.1) is 0 Å². The van der Waals surface area contributed by atoms with Gasteiger partial charge < -0.3 is 9.47 Å². The summed E-state index contributed by atoms with van der Waals surface area (Å²) < 4.78 is 9.71. The number of hydrogen-bond donors (Lipinski definition) is 2. The lowest BCUT2D eigenvalue weighted by atomic mass is 10.2. The van der Waals surface area contributed by atoms with Crippen molar-refractivity contribution in [2.24, 2.45) is 0 Å². The molecule has 0 saturated carbocycles. The first-order chi connectivity index (χ1) is 11.6. The Bertz CT molecular complexity index is 258. The second-order valence-electron chi connectivity index (χ2n) is 5.51. The van der Waals surface area contributed by atoms with Crippen molar-refractivity contribution in [3.8, 4) is 0 Å². The Balaban J connectivity index is 0. The molecule has 0 aliphatic rings. The molecule has 0 rings (SSSR count). The number of esters is 2. The van der Waals surface area contributed by atoms with Crippen LogP contribution in [0.5, 0.6) is 0 Å². The molecule has 4 nitrogen and oxygen atoms in total. The molecule has 0 radical (unpaired) electrons. The fraction of sp³-hybridized carbons (Fsp3) is 0.889. The van der Waals surface area contributed by atoms with Crippen molar-refractivity contribution in [1.29, 1.82) is 0 Å². The average molecular weight is 381 g/mol. The van der Waals surface area contributed by atoms with Gasteiger partial charge in [0.2, 0.25) is 0 Å². The summed E-state index contributed by atoms with van der Waals surface area (Å²) in [6.45, 7) is 5.18. The van der Waals surface area contributed by atoms with Crippen molar-refractivity contribution in [2.75, 3.05) is 24.7 Å². The van der Waals surface area contributed by atoms with Crippen LogP contribution < -0.4 is 0 Å². The molecule has 0 bridgehead atoms. The second kappa shape index (κ2) is 22.6. The Morgan fingerprint density at radius 2 is 1.04 bits per heavy atom. The quantitative estimate of drug-likeness (QED) is 0.257. The van der Waals surface area contributed by atoms with Crippen LogP contribution in [-0.4, -0.2) is 36.7 Å². The number of unbranched alkanes of at least 4 members (excludes halogenated alkanes) is 6. The molecule has 0 heterocycles. The standard InChI is InChI=1S/2C9H18O2S/c2*1-2-3-4-5-6-9(10)11-7-8-12/h2*12H,2-8H2,1H3. The molecule has 0 aromatic carbocycles. The summed E-state index contributed by atoms with van der Waals surface area (Å²) in [6, 6.07) is 0. The highest BCUT2D eigenvalue weighted by atomic mass is 32.1. The monoisotopic (exact) mass is 380 g/mol. The normalized spacial score (nSPS) is 9.83. The molecule has 0 atom stereocenters. The summed E-state index contributed by atoms with van der Waals surface area (Å²) in [7, 11) is 0. The summed E-state index contributed by atoms with van der Waals surface area (Å²) in [5, 5.41) is 0. The Morgan fingerprint density at radius 1 is 0.667 bits per heavy atom. The molecular weight excluding hydrogens is 344 g/mol. The molecule has 0 spiro atoms. The van der Waals surface area contributed by atoms with Crippen LogP contribution in [-0.2, 0) is 19.1 Å². The first-order valence-electron chi connectivity index (χ1n) is 9.15. The minimum atomic E-state index is -0.0832. The lowest BCUT2D eigenvalue weighted by Gasteiger charge is -2.01. The first-order valence-corrected chi connectivity index (χ1v) is 10.4. The number of rotatable bonds is 14. The van der Waals surface area contributed by atoms with Crippen LogP contribution in [0.25, 0.3) is 0 Å². The van der Waals surface area contributed by atoms with Crippen molar-refractivity contribution >= 4 is 37.2 Å². The molecule has 0 N–H and O–H groups in total. The molecule has 0 aliphatic heterocycles. The zero-order valence-electron chi connectivity index (χ0n) is 15.4. The van der Waals surface area contributed by atoms with E-state index in [1.807, 2.05) is 0 Å². The van der Waals surface area contributed by atoms with Crippen molar-refractivity contribution < 1.29 is 19.1 Å². The van der Waals surface area contributed by atoms with E-state index in [0.717, 1.165) is 25.7 Å². The summed E-state index contributed by atoms with van der Waals surface area (Å²) in [5.41, 5.74) is 0. The fourth-order valence-corrected chi connectivity index (χ4v) is 2.04. The van der Waals surface area contributed by atoms with Gasteiger partial charge in [-0.3, -0.25) is 9.59 Å². The lowest BCUT2D eigenvalue weighted by molar-refractivity contribution is -0.144. The van der Waals surface area contributed by atoms with Crippen molar-refractivity contribution in [3.63, 3.8) is 0 Å². The van der Waals surface area contributed by atoms with Gasteiger partial charge in [0.15, 0.2) is 0 Å². The van der Waals surface area contributed by atoms with Gasteiger partial charge in [0.25, 0.3) is 0 Å². The fourth-order valence-electron chi connectivity index (χ4n) is 1.86. The molecule has 0 aliphatic carbocycles. The van der Waals surface area contributed by atoms with Crippen LogP contribution in [0.1, 0.15) is 78.1 Å². The second-order valence-corrected chi connectivity index (χ2v) is 6.40. The van der Waals surface area contributed by atoms with Gasteiger partial charge in [-0.25, -0.2) is 0 Å². The zero-order chi connectivity index (χ0) is 18.5. The molecule has 0 saturated heterocycles. The van der Waals surface area contributed by atoms with Gasteiger partial charge in [-0.1, -0.05) is 52.4 Å². The molecule has 0 fully saturated rings. The number of ether oxygens (including phenoxy) is 2. The van der Waals surface area contributed by atoms with Gasteiger partial charge in [-0.05, 0) is 12.8 Å². The number of thiol groups is 2. The SMILES string of the molecule is CCCCCCC(=O)OCCS.CCCCCCC(=O)OCCS. The van der Waals surface area contributed by atoms with E-state index in [1.54, 1.807) is 0 Å². The lowest BCUT2D eigenvalue weighted by Crippen LogP contribution is -2.06. The topological polar surface area (TPSA) is 52.6 Å². The number of hydrogen-bond acceptors (Lipinski definition) is 6. The molecule has 0 amide bonds. The summed E-state index contributed by atoms with van der Waals surface area (Å²) >= 11 is 7.89. The molecule has 0 aromatic heterocycles. The van der Waals surface area contributed by atoms with Crippen LogP contribution >= 0.6 is 25.3 Å². The minimum Gasteiger partial charge on any atom is -0.465 e. The van der Waals surface area contributed by atoms with Gasteiger partial charge >= 0.3 is 11.9 Å². The van der Waals surface area contributed by atoms with Gasteiger partial charge in [0.1, 0.15) is 13.2 Å². The predicted molar refractivity (Wildman–Crippen MR) is 107 cm³/mol. The Kier molecular flexibility index (Phi) is 24.4. The minimum absolute atomic E-state index is 0.0832. The maximum absolute atomic E-state index is 10.9. The number of carbonyl (C=O) groups excluding carboxylic acids is 2. The smallest absolute Gasteiger partial charge is 0.305 e. The van der Waals surface area contributed by atoms with E-state index in [0.29, 0.717) is 37.6 Å². The van der Waals surface area contributed by atoms with E-state index in [2.05, 4.69) is 39.1 Å². The highest BCUT2D eigenvalue weighted by Gasteiger charge is 2.01. The summed E-state index contributed by atoms with van der Waals surface area (Å²) in [6.07, 6.45) is 10.1. The van der Waals surface area contributed by atoms with E-state index in [9.17, 15) is 9.59 Å². The zero-order valence-corrected chi connectivity index (χ0v) is 17.2. The largest absolute Gasteiger partial charge is 0.465 e. The maximum Gasteiger partial charge on any atom is 0.305 e. The van der Waals surface area contributed by atoms with Crippen LogP contribution in [0.2, 0.25) is 0 Å². The highest BCUT2D eigenvalue weighted by molar-refractivity contribution is 7.80. The van der Waals surface area contributed by atoms with Crippen LogP contribution in [0, 0.1) is 0 Å². The third-order valence-corrected chi connectivity index (χ3v) is 3.54. The van der Waals surface area contributed by atoms with Gasteiger partial charge in [0, 0.05) is 24.3 Å². The molecule has 6 heteroatoms. The maximum atomic E-state index is 10.9. The van der Waals surface area contributed by atoms with E-state index in [1.165, 1.54) is 25.7 Å². The number of carbonyl (C=O) groups is 2. The van der Waals surface area contributed by atoms with E-state index in [-0.39, 0.29) is 11.9 Å². The van der Waals surface area contributed by atoms with Crippen LogP contribution in [0.3, 0.4) is 0 Å². The van der Waals surface area contributed by atoms with Crippen LogP contribution in [0.15, 0.2) is 0 Å². The Hall–Kier alpha value is -0.360. The first kappa shape index (κ1) is 25.9. The molecule has 0 aromatic rings. The van der Waals surface area contributed by atoms with E-state index >= 15 is 0 Å². The molecule has 24 heavy (non-hydrogen) atoms. The van der Waals surface area contributed by atoms with Gasteiger partial charge in [-0.2, -0.15) is 25.3 Å². The highest BCUT2D eigenvalue weighted by Crippen LogP contribution is 2.04. The van der Waals surface area contributed by atoms with Crippen molar-refractivity contribution in [1.82, 2.24) is 0 Å². The average Bonchev–Trinajstić information content (AvgIpc) is 2.59. The summed E-state index contributed by atoms with van der Waals surface area (Å²) in [4.78, 5) is 21.8. The Morgan fingerprint density at radius 3 is 1.33 bits per heavy atom. The van der Waals surface area contributed by atoms with E-state index < -0.39 is 0 Å². The predicted octanol–water partition coefficient (Wildman–Crippen LogP) is 4.86. The van der Waals surface area contributed by atoms with E-state index in [4.69, 9.17) is 9.47 Å². The summed E-state index contributed by atoms with van der Waals surface area (Å²) in [5.74, 6) is 1.06.